The van der Waals surface area contributed by atoms with Crippen molar-refractivity contribution in [3.63, 3.8) is 0 Å². The van der Waals surface area contributed by atoms with Gasteiger partial charge in [0.25, 0.3) is 0 Å². The molecule has 2 aliphatic rings. The Morgan fingerprint density at radius 3 is 2.42 bits per heavy atom. The van der Waals surface area contributed by atoms with Crippen molar-refractivity contribution < 1.29 is 17.9 Å². The van der Waals surface area contributed by atoms with Crippen LogP contribution in [0.4, 0.5) is 0 Å². The van der Waals surface area contributed by atoms with Gasteiger partial charge in [0, 0.05) is 30.3 Å². The molecule has 2 N–H and O–H groups in total. The highest BCUT2D eigenvalue weighted by Gasteiger charge is 2.42. The van der Waals surface area contributed by atoms with Crippen molar-refractivity contribution in [3.05, 3.63) is 71.7 Å². The molecule has 0 amide bonds. The summed E-state index contributed by atoms with van der Waals surface area (Å²) in [6.45, 7) is 4.52. The van der Waals surface area contributed by atoms with Crippen LogP contribution in [0.15, 0.2) is 70.4 Å². The Balaban J connectivity index is 1.70. The predicted molar refractivity (Wildman–Crippen MR) is 128 cm³/mol. The van der Waals surface area contributed by atoms with Crippen molar-refractivity contribution in [2.45, 2.75) is 31.0 Å². The van der Waals surface area contributed by atoms with Crippen LogP contribution in [-0.4, -0.2) is 45.3 Å². The Kier molecular flexibility index (Phi) is 6.04. The van der Waals surface area contributed by atoms with E-state index in [1.165, 1.54) is 6.26 Å². The van der Waals surface area contributed by atoms with Crippen LogP contribution in [0.25, 0.3) is 5.57 Å². The third kappa shape index (κ3) is 4.52. The number of hydrogen-bond donors (Lipinski definition) is 2. The van der Waals surface area contributed by atoms with Gasteiger partial charge in [-0.25, -0.2) is 18.8 Å². The van der Waals surface area contributed by atoms with Crippen molar-refractivity contribution in [2.75, 3.05) is 20.5 Å². The Morgan fingerprint density at radius 2 is 1.79 bits per heavy atom. The topological polar surface area (TPSA) is 92.3 Å². The molecular weight excluding hydrogens is 440 g/mol. The van der Waals surface area contributed by atoms with E-state index in [1.54, 1.807) is 26.4 Å². The van der Waals surface area contributed by atoms with E-state index < -0.39 is 15.5 Å². The molecule has 2 heterocycles. The summed E-state index contributed by atoms with van der Waals surface area (Å²) >= 11 is 0. The molecule has 0 aliphatic carbocycles. The van der Waals surface area contributed by atoms with Gasteiger partial charge in [-0.3, -0.25) is 10.3 Å². The van der Waals surface area contributed by atoms with Crippen LogP contribution < -0.4 is 20.2 Å². The molecule has 2 aliphatic heterocycles. The Bertz CT molecular complexity index is 1270. The molecule has 8 nitrogen and oxygen atoms in total. The summed E-state index contributed by atoms with van der Waals surface area (Å²) in [6, 6.07) is 12.7. The average Bonchev–Trinajstić information content (AvgIpc) is 3.08. The van der Waals surface area contributed by atoms with Gasteiger partial charge in [0.05, 0.1) is 19.1 Å². The second kappa shape index (κ2) is 8.66. The van der Waals surface area contributed by atoms with Crippen LogP contribution in [0.3, 0.4) is 0 Å². The smallest absolute Gasteiger partial charge is 0.175 e. The summed E-state index contributed by atoms with van der Waals surface area (Å²) in [7, 11) is -0.00772. The fourth-order valence-electron chi connectivity index (χ4n) is 3.97. The van der Waals surface area contributed by atoms with Gasteiger partial charge in [-0.15, -0.1) is 0 Å². The molecule has 0 aromatic heterocycles. The molecular formula is C24H28N4O4S. The van der Waals surface area contributed by atoms with E-state index in [0.717, 1.165) is 28.2 Å². The quantitative estimate of drug-likeness (QED) is 0.645. The van der Waals surface area contributed by atoms with Gasteiger partial charge >= 0.3 is 0 Å². The SMILES string of the molecule is COc1ccc(C2=C3N=C(C)C=CN3NC2(C)NCc2ccc(S(C)(=O)=O)cc2)cc1OC. The van der Waals surface area contributed by atoms with Crippen molar-refractivity contribution in [2.24, 2.45) is 4.99 Å². The highest BCUT2D eigenvalue weighted by molar-refractivity contribution is 7.90. The fraction of sp³-hybridized carbons (Fsp3) is 0.292. The molecule has 2 aromatic rings. The molecule has 0 saturated heterocycles. The van der Waals surface area contributed by atoms with Gasteiger partial charge in [-0.2, -0.15) is 0 Å². The number of sulfone groups is 1. The Labute approximate surface area is 194 Å². The molecule has 0 fully saturated rings. The minimum Gasteiger partial charge on any atom is -0.493 e. The van der Waals surface area contributed by atoms with Crippen molar-refractivity contribution >= 4 is 21.1 Å². The van der Waals surface area contributed by atoms with E-state index in [9.17, 15) is 8.42 Å². The number of hydrogen-bond acceptors (Lipinski definition) is 8. The standard InChI is InChI=1S/C24H28N4O4S/c1-16-12-13-28-23(26-16)22(18-8-11-20(31-3)21(14-18)32-4)24(2,27-28)25-15-17-6-9-19(10-7-17)33(5,29)30/h6-14,25,27H,15H2,1-5H3. The molecule has 4 rings (SSSR count). The zero-order valence-corrected chi connectivity index (χ0v) is 20.2. The first-order valence-electron chi connectivity index (χ1n) is 10.5. The maximum Gasteiger partial charge on any atom is 0.175 e. The fourth-order valence-corrected chi connectivity index (χ4v) is 4.60. The van der Waals surface area contributed by atoms with Crippen LogP contribution >= 0.6 is 0 Å². The largest absolute Gasteiger partial charge is 0.493 e. The lowest BCUT2D eigenvalue weighted by Crippen LogP contribution is -2.54. The first kappa shape index (κ1) is 23.0. The maximum absolute atomic E-state index is 11.8. The van der Waals surface area contributed by atoms with Gasteiger partial charge < -0.3 is 9.47 Å². The third-order valence-corrected chi connectivity index (χ3v) is 6.84. The van der Waals surface area contributed by atoms with E-state index in [-0.39, 0.29) is 0 Å². The number of benzene rings is 2. The zero-order valence-electron chi connectivity index (χ0n) is 19.3. The normalized spacial score (nSPS) is 20.0. The Morgan fingerprint density at radius 1 is 1.09 bits per heavy atom. The number of nitrogens with zero attached hydrogens (tertiary/aromatic N) is 2. The first-order chi connectivity index (χ1) is 15.6. The van der Waals surface area contributed by atoms with Crippen molar-refractivity contribution in [1.29, 1.82) is 0 Å². The number of aliphatic imine (C=N–C) groups is 1. The lowest BCUT2D eigenvalue weighted by Gasteiger charge is -2.31. The van der Waals surface area contributed by atoms with Crippen LogP contribution in [0.2, 0.25) is 0 Å². The van der Waals surface area contributed by atoms with Crippen LogP contribution in [0.5, 0.6) is 11.5 Å². The third-order valence-electron chi connectivity index (χ3n) is 5.71. The molecule has 0 spiro atoms. The van der Waals surface area contributed by atoms with E-state index >= 15 is 0 Å². The van der Waals surface area contributed by atoms with Gasteiger partial charge in [-0.05, 0) is 55.3 Å². The van der Waals surface area contributed by atoms with Crippen LogP contribution in [0, 0.1) is 0 Å². The molecule has 0 radical (unpaired) electrons. The molecule has 0 saturated carbocycles. The number of fused-ring (bicyclic) bond motifs is 1. The maximum atomic E-state index is 11.8. The summed E-state index contributed by atoms with van der Waals surface area (Å²) in [4.78, 5) is 5.09. The van der Waals surface area contributed by atoms with Gasteiger partial charge in [0.15, 0.2) is 27.2 Å². The monoisotopic (exact) mass is 468 g/mol. The molecule has 2 aromatic carbocycles. The minimum absolute atomic E-state index is 0.302. The molecule has 1 atom stereocenters. The van der Waals surface area contributed by atoms with Gasteiger partial charge in [-0.1, -0.05) is 18.2 Å². The summed E-state index contributed by atoms with van der Waals surface area (Å²) in [5.41, 5.74) is 6.59. The number of methoxy groups -OCH3 is 2. The molecule has 33 heavy (non-hydrogen) atoms. The predicted octanol–water partition coefficient (Wildman–Crippen LogP) is 3.09. The second-order valence-corrected chi connectivity index (χ2v) is 10.2. The summed E-state index contributed by atoms with van der Waals surface area (Å²) in [5.74, 6) is 2.08. The summed E-state index contributed by atoms with van der Waals surface area (Å²) < 4.78 is 34.4. The van der Waals surface area contributed by atoms with Crippen LogP contribution in [0.1, 0.15) is 25.0 Å². The van der Waals surface area contributed by atoms with Crippen molar-refractivity contribution in [1.82, 2.24) is 15.8 Å². The molecule has 1 unspecified atom stereocenters. The number of ether oxygens (including phenoxy) is 2. The summed E-state index contributed by atoms with van der Waals surface area (Å²) in [5, 5.41) is 5.48. The lowest BCUT2D eigenvalue weighted by molar-refractivity contribution is 0.244. The Hall–Kier alpha value is -3.14. The minimum atomic E-state index is -3.23. The zero-order chi connectivity index (χ0) is 23.8. The summed E-state index contributed by atoms with van der Waals surface area (Å²) in [6.07, 6.45) is 5.10. The highest BCUT2D eigenvalue weighted by Crippen LogP contribution is 2.40. The second-order valence-electron chi connectivity index (χ2n) is 8.21. The van der Waals surface area contributed by atoms with Crippen molar-refractivity contribution in [3.8, 4) is 11.5 Å². The first-order valence-corrected chi connectivity index (χ1v) is 12.4. The lowest BCUT2D eigenvalue weighted by atomic mass is 9.94. The van der Waals surface area contributed by atoms with Gasteiger partial charge in [0.2, 0.25) is 0 Å². The van der Waals surface area contributed by atoms with Gasteiger partial charge in [0.1, 0.15) is 5.66 Å². The highest BCUT2D eigenvalue weighted by atomic mass is 32.2. The van der Waals surface area contributed by atoms with E-state index in [0.29, 0.717) is 22.9 Å². The van der Waals surface area contributed by atoms with E-state index in [1.807, 2.05) is 61.5 Å². The molecule has 174 valence electrons. The number of rotatable bonds is 7. The number of hydrazine groups is 1. The molecule has 0 bridgehead atoms. The van der Waals surface area contributed by atoms with Crippen LogP contribution in [-0.2, 0) is 16.4 Å². The molecule has 9 heteroatoms. The van der Waals surface area contributed by atoms with E-state index in [4.69, 9.17) is 14.5 Å². The number of allylic oxidation sites excluding steroid dienone is 1. The van der Waals surface area contributed by atoms with E-state index in [2.05, 4.69) is 10.7 Å². The number of nitrogens with one attached hydrogen (secondary N) is 2. The average molecular weight is 469 g/mol.